The fourth-order valence-corrected chi connectivity index (χ4v) is 4.03. The zero-order valence-corrected chi connectivity index (χ0v) is 18.4. The second-order valence-corrected chi connectivity index (χ2v) is 8.07. The van der Waals surface area contributed by atoms with Gasteiger partial charge in [-0.3, -0.25) is 15.0 Å². The molecule has 1 aliphatic heterocycles. The number of carboxylic acid groups (broad SMARTS) is 1. The van der Waals surface area contributed by atoms with E-state index in [0.717, 1.165) is 22.3 Å². The lowest BCUT2D eigenvalue weighted by Gasteiger charge is -2.15. The van der Waals surface area contributed by atoms with Crippen LogP contribution in [0.15, 0.2) is 41.3 Å². The van der Waals surface area contributed by atoms with Crippen molar-refractivity contribution in [2.45, 2.75) is 6.92 Å². The van der Waals surface area contributed by atoms with E-state index in [2.05, 4.69) is 5.43 Å². The third kappa shape index (κ3) is 4.54. The summed E-state index contributed by atoms with van der Waals surface area (Å²) in [5.41, 5.74) is 3.93. The van der Waals surface area contributed by atoms with Crippen LogP contribution in [-0.4, -0.2) is 46.4 Å². The van der Waals surface area contributed by atoms with Crippen LogP contribution >= 0.6 is 24.0 Å². The number of hydrazine groups is 1. The van der Waals surface area contributed by atoms with Crippen molar-refractivity contribution < 1.29 is 29.0 Å². The molecule has 160 valence electrons. The number of ether oxygens (including phenoxy) is 2. The van der Waals surface area contributed by atoms with Crippen molar-refractivity contribution in [1.29, 1.82) is 0 Å². The molecule has 0 unspecified atom stereocenters. The van der Waals surface area contributed by atoms with Gasteiger partial charge in [0, 0.05) is 5.56 Å². The van der Waals surface area contributed by atoms with Crippen molar-refractivity contribution >= 4 is 52.2 Å². The molecule has 0 aliphatic carbocycles. The predicted molar refractivity (Wildman–Crippen MR) is 120 cm³/mol. The number of benzene rings is 2. The molecule has 0 aromatic heterocycles. The van der Waals surface area contributed by atoms with Crippen molar-refractivity contribution in [3.05, 3.63) is 63.6 Å². The highest BCUT2D eigenvalue weighted by Crippen LogP contribution is 2.37. The Bertz CT molecular complexity index is 1110. The van der Waals surface area contributed by atoms with Crippen LogP contribution in [0.3, 0.4) is 0 Å². The molecule has 2 amide bonds. The molecule has 0 atom stereocenters. The van der Waals surface area contributed by atoms with Gasteiger partial charge >= 0.3 is 5.97 Å². The van der Waals surface area contributed by atoms with Gasteiger partial charge in [0.1, 0.15) is 5.56 Å². The first-order chi connectivity index (χ1) is 14.8. The number of aryl methyl sites for hydroxylation is 1. The number of thiocarbonyl (C=S) groups is 1. The molecule has 0 radical (unpaired) electrons. The number of nitrogens with zero attached hydrogens (tertiary/aromatic N) is 1. The number of nitrogens with one attached hydrogen (secondary N) is 1. The normalized spacial score (nSPS) is 14.7. The lowest BCUT2D eigenvalue weighted by molar-refractivity contribution is -0.123. The number of hydrogen-bond donors (Lipinski definition) is 2. The van der Waals surface area contributed by atoms with Crippen molar-refractivity contribution in [1.82, 2.24) is 10.4 Å². The van der Waals surface area contributed by atoms with Crippen molar-refractivity contribution in [2.75, 3.05) is 14.2 Å². The molecule has 0 bridgehead atoms. The van der Waals surface area contributed by atoms with E-state index >= 15 is 0 Å². The van der Waals surface area contributed by atoms with E-state index in [-0.39, 0.29) is 31.9 Å². The zero-order valence-electron chi connectivity index (χ0n) is 16.8. The minimum Gasteiger partial charge on any atom is -0.493 e. The quantitative estimate of drug-likeness (QED) is 0.502. The lowest BCUT2D eigenvalue weighted by Crippen LogP contribution is -2.44. The van der Waals surface area contributed by atoms with Gasteiger partial charge in [-0.05, 0) is 49.0 Å². The number of carboxylic acids is 1. The summed E-state index contributed by atoms with van der Waals surface area (Å²) in [6.07, 6.45) is 1.39. The van der Waals surface area contributed by atoms with Crippen LogP contribution < -0.4 is 14.9 Å². The van der Waals surface area contributed by atoms with E-state index < -0.39 is 17.8 Å². The summed E-state index contributed by atoms with van der Waals surface area (Å²) in [6, 6.07) is 9.88. The van der Waals surface area contributed by atoms with Crippen molar-refractivity contribution in [3.8, 4) is 11.5 Å². The lowest BCUT2D eigenvalue weighted by atomic mass is 10.0. The Hall–Kier alpha value is -3.37. The number of amides is 2. The molecule has 0 saturated carbocycles. The topological polar surface area (TPSA) is 105 Å². The van der Waals surface area contributed by atoms with Crippen LogP contribution in [0.5, 0.6) is 11.5 Å². The van der Waals surface area contributed by atoms with Gasteiger partial charge in [-0.2, -0.15) is 5.01 Å². The monoisotopic (exact) mass is 458 g/mol. The number of carbonyl (C=O) groups excluding carboxylic acids is 2. The van der Waals surface area contributed by atoms with Crippen LogP contribution in [-0.2, 0) is 4.79 Å². The average Bonchev–Trinajstić information content (AvgIpc) is 3.00. The van der Waals surface area contributed by atoms with Crippen molar-refractivity contribution in [2.24, 2.45) is 0 Å². The SMILES string of the molecule is COc1ccc(/C=C2/SC(=S)N(NC(=O)c3ccc(C)cc3)C2=O)c(C(=O)O)c1OC. The molecular weight excluding hydrogens is 440 g/mol. The highest BCUT2D eigenvalue weighted by molar-refractivity contribution is 8.26. The fraction of sp³-hybridized carbons (Fsp3) is 0.143. The summed E-state index contributed by atoms with van der Waals surface area (Å²) in [5, 5.41) is 10.6. The van der Waals surface area contributed by atoms with Crippen LogP contribution in [0.2, 0.25) is 0 Å². The molecule has 3 rings (SSSR count). The molecular formula is C21H18N2O6S2. The molecule has 8 nitrogen and oxygen atoms in total. The van der Waals surface area contributed by atoms with Gasteiger partial charge < -0.3 is 14.6 Å². The van der Waals surface area contributed by atoms with Gasteiger partial charge in [-0.1, -0.05) is 35.5 Å². The molecule has 1 saturated heterocycles. The first kappa shape index (κ1) is 22.3. The number of thioether (sulfide) groups is 1. The highest BCUT2D eigenvalue weighted by atomic mass is 32.2. The summed E-state index contributed by atoms with van der Waals surface area (Å²) in [5.74, 6) is -2.02. The number of methoxy groups -OCH3 is 2. The second-order valence-electron chi connectivity index (χ2n) is 6.39. The average molecular weight is 459 g/mol. The van der Waals surface area contributed by atoms with Gasteiger partial charge in [0.25, 0.3) is 11.8 Å². The maximum atomic E-state index is 12.8. The van der Waals surface area contributed by atoms with Crippen LogP contribution in [0, 0.1) is 6.92 Å². The van der Waals surface area contributed by atoms with Gasteiger partial charge in [0.05, 0.1) is 19.1 Å². The molecule has 2 aromatic rings. The third-order valence-corrected chi connectivity index (χ3v) is 5.70. The summed E-state index contributed by atoms with van der Waals surface area (Å²) in [6.45, 7) is 1.90. The molecule has 2 N–H and O–H groups in total. The molecule has 0 spiro atoms. The van der Waals surface area contributed by atoms with Crippen LogP contribution in [0.1, 0.15) is 31.8 Å². The van der Waals surface area contributed by atoms with Crippen molar-refractivity contribution in [3.63, 3.8) is 0 Å². The number of rotatable bonds is 6. The largest absolute Gasteiger partial charge is 0.493 e. The van der Waals surface area contributed by atoms with Gasteiger partial charge in [0.2, 0.25) is 0 Å². The molecule has 1 fully saturated rings. The second kappa shape index (κ2) is 9.19. The maximum absolute atomic E-state index is 12.8. The molecule has 10 heteroatoms. The van der Waals surface area contributed by atoms with Crippen LogP contribution in [0.25, 0.3) is 6.08 Å². The zero-order chi connectivity index (χ0) is 22.7. The van der Waals surface area contributed by atoms with Gasteiger partial charge in [-0.15, -0.1) is 0 Å². The summed E-state index contributed by atoms with van der Waals surface area (Å²) < 4.78 is 10.5. The Morgan fingerprint density at radius 2 is 1.81 bits per heavy atom. The van der Waals surface area contributed by atoms with E-state index in [4.69, 9.17) is 21.7 Å². The smallest absolute Gasteiger partial charge is 0.340 e. The Kier molecular flexibility index (Phi) is 6.62. The molecule has 2 aromatic carbocycles. The van der Waals surface area contributed by atoms with Crippen LogP contribution in [0.4, 0.5) is 0 Å². The number of hydrogen-bond acceptors (Lipinski definition) is 7. The molecule has 31 heavy (non-hydrogen) atoms. The van der Waals surface area contributed by atoms with E-state index in [9.17, 15) is 19.5 Å². The Balaban J connectivity index is 1.91. The number of carbonyl (C=O) groups is 3. The first-order valence-electron chi connectivity index (χ1n) is 8.90. The Morgan fingerprint density at radius 1 is 1.13 bits per heavy atom. The summed E-state index contributed by atoms with van der Waals surface area (Å²) in [7, 11) is 2.72. The maximum Gasteiger partial charge on any atom is 0.340 e. The van der Waals surface area contributed by atoms with E-state index in [1.54, 1.807) is 24.3 Å². The van der Waals surface area contributed by atoms with Gasteiger partial charge in [-0.25, -0.2) is 4.79 Å². The summed E-state index contributed by atoms with van der Waals surface area (Å²) >= 11 is 6.17. The standard InChI is InChI=1S/C21H18N2O6S2/c1-11-4-6-12(7-5-11)18(24)22-23-19(25)15(31-21(23)30)10-13-8-9-14(28-2)17(29-3)16(13)20(26)27/h4-10H,1-3H3,(H,22,24)(H,26,27)/b15-10+. The number of aromatic carboxylic acids is 1. The predicted octanol–water partition coefficient (Wildman–Crippen LogP) is 3.26. The molecule has 1 heterocycles. The first-order valence-corrected chi connectivity index (χ1v) is 10.1. The minimum atomic E-state index is -1.25. The third-order valence-electron chi connectivity index (χ3n) is 4.40. The van der Waals surface area contributed by atoms with E-state index in [1.165, 1.54) is 32.4 Å². The molecule has 1 aliphatic rings. The Morgan fingerprint density at radius 3 is 2.39 bits per heavy atom. The fourth-order valence-electron chi connectivity index (χ4n) is 2.86. The minimum absolute atomic E-state index is 0.0342. The van der Waals surface area contributed by atoms with E-state index in [1.807, 2.05) is 6.92 Å². The Labute approximate surface area is 187 Å². The van der Waals surface area contributed by atoms with E-state index in [0.29, 0.717) is 5.56 Å². The summed E-state index contributed by atoms with van der Waals surface area (Å²) in [4.78, 5) is 37.3. The highest BCUT2D eigenvalue weighted by Gasteiger charge is 2.34. The van der Waals surface area contributed by atoms with Gasteiger partial charge in [0.15, 0.2) is 15.8 Å².